The zero-order chi connectivity index (χ0) is 13.7. The Balaban J connectivity index is 2.59. The van der Waals surface area contributed by atoms with Crippen LogP contribution in [0.25, 0.3) is 0 Å². The van der Waals surface area contributed by atoms with Crippen LogP contribution >= 0.6 is 0 Å². The number of hydrogen-bond donors (Lipinski definition) is 2. The summed E-state index contributed by atoms with van der Waals surface area (Å²) in [6, 6.07) is 1.66. The number of nitrogens with two attached hydrogens (primary N) is 1. The third kappa shape index (κ3) is 4.57. The Morgan fingerprint density at radius 2 is 2.17 bits per heavy atom. The highest BCUT2D eigenvalue weighted by Crippen LogP contribution is 2.11. The standard InChI is InChI=1S/C12H21N5O/c1-8(2)6-14-12(18)7-17(4)11-5-10(13)15-9(3)16-11/h5,8H,6-7H2,1-4H3,(H,14,18)(H2,13,15,16). The molecular formula is C12H21N5O. The summed E-state index contributed by atoms with van der Waals surface area (Å²) in [5.41, 5.74) is 5.65. The van der Waals surface area contributed by atoms with Crippen molar-refractivity contribution in [3.05, 3.63) is 11.9 Å². The van der Waals surface area contributed by atoms with Gasteiger partial charge in [0.05, 0.1) is 6.54 Å². The third-order valence-electron chi connectivity index (χ3n) is 2.32. The molecule has 0 aliphatic carbocycles. The number of nitrogens with one attached hydrogen (secondary N) is 1. The molecule has 100 valence electrons. The van der Waals surface area contributed by atoms with E-state index < -0.39 is 0 Å². The lowest BCUT2D eigenvalue weighted by Crippen LogP contribution is -2.37. The summed E-state index contributed by atoms with van der Waals surface area (Å²) in [6.07, 6.45) is 0. The number of carbonyl (C=O) groups is 1. The SMILES string of the molecule is Cc1nc(N)cc(N(C)CC(=O)NCC(C)C)n1. The highest BCUT2D eigenvalue weighted by atomic mass is 16.2. The van der Waals surface area contributed by atoms with Gasteiger partial charge in [-0.1, -0.05) is 13.8 Å². The number of anilines is 2. The van der Waals surface area contributed by atoms with Gasteiger partial charge in [-0.2, -0.15) is 0 Å². The van der Waals surface area contributed by atoms with E-state index in [0.29, 0.717) is 29.9 Å². The predicted molar refractivity (Wildman–Crippen MR) is 72.3 cm³/mol. The quantitative estimate of drug-likeness (QED) is 0.799. The lowest BCUT2D eigenvalue weighted by Gasteiger charge is -2.18. The second kappa shape index (κ2) is 6.18. The number of nitrogens with zero attached hydrogens (tertiary/aromatic N) is 3. The molecule has 1 rings (SSSR count). The van der Waals surface area contributed by atoms with Crippen LogP contribution in [0.3, 0.4) is 0 Å². The van der Waals surface area contributed by atoms with Crippen molar-refractivity contribution >= 4 is 17.5 Å². The van der Waals surface area contributed by atoms with E-state index in [-0.39, 0.29) is 12.5 Å². The minimum Gasteiger partial charge on any atom is -0.384 e. The Labute approximate surface area is 108 Å². The molecule has 3 N–H and O–H groups in total. The molecule has 1 aromatic heterocycles. The van der Waals surface area contributed by atoms with Gasteiger partial charge in [0.1, 0.15) is 17.5 Å². The molecular weight excluding hydrogens is 230 g/mol. The second-order valence-corrected chi connectivity index (χ2v) is 4.75. The average Bonchev–Trinajstić information content (AvgIpc) is 2.25. The van der Waals surface area contributed by atoms with E-state index in [1.165, 1.54) is 0 Å². The zero-order valence-electron chi connectivity index (χ0n) is 11.4. The zero-order valence-corrected chi connectivity index (χ0v) is 11.4. The molecule has 1 aromatic rings. The van der Waals surface area contributed by atoms with Crippen molar-refractivity contribution in [2.24, 2.45) is 5.92 Å². The number of rotatable bonds is 5. The maximum Gasteiger partial charge on any atom is 0.239 e. The van der Waals surface area contributed by atoms with Crippen LogP contribution in [0.1, 0.15) is 19.7 Å². The number of nitrogen functional groups attached to an aromatic ring is 1. The maximum atomic E-state index is 11.7. The highest BCUT2D eigenvalue weighted by Gasteiger charge is 2.10. The van der Waals surface area contributed by atoms with Gasteiger partial charge >= 0.3 is 0 Å². The van der Waals surface area contributed by atoms with Crippen LogP contribution in [0.2, 0.25) is 0 Å². The first kappa shape index (κ1) is 14.2. The molecule has 0 spiro atoms. The van der Waals surface area contributed by atoms with Gasteiger partial charge in [0.15, 0.2) is 0 Å². The summed E-state index contributed by atoms with van der Waals surface area (Å²) in [7, 11) is 1.80. The predicted octanol–water partition coefficient (Wildman–Crippen LogP) is 0.576. The van der Waals surface area contributed by atoms with Crippen molar-refractivity contribution in [2.75, 3.05) is 30.8 Å². The topological polar surface area (TPSA) is 84.1 Å². The number of hydrogen-bond acceptors (Lipinski definition) is 5. The molecule has 0 aliphatic rings. The minimum absolute atomic E-state index is 0.0268. The van der Waals surface area contributed by atoms with Crippen LogP contribution in [-0.2, 0) is 4.79 Å². The lowest BCUT2D eigenvalue weighted by atomic mass is 10.2. The number of amides is 1. The van der Waals surface area contributed by atoms with Crippen LogP contribution in [-0.4, -0.2) is 36.0 Å². The van der Waals surface area contributed by atoms with E-state index in [0.717, 1.165) is 0 Å². The van der Waals surface area contributed by atoms with E-state index in [1.54, 1.807) is 24.9 Å². The smallest absolute Gasteiger partial charge is 0.239 e. The van der Waals surface area contributed by atoms with E-state index in [2.05, 4.69) is 29.1 Å². The largest absolute Gasteiger partial charge is 0.384 e. The molecule has 0 aliphatic heterocycles. The summed E-state index contributed by atoms with van der Waals surface area (Å²) in [5, 5.41) is 2.86. The van der Waals surface area contributed by atoms with Crippen LogP contribution in [0, 0.1) is 12.8 Å². The fourth-order valence-corrected chi connectivity index (χ4v) is 1.44. The van der Waals surface area contributed by atoms with Crippen molar-refractivity contribution in [3.63, 3.8) is 0 Å². The Hall–Kier alpha value is -1.85. The van der Waals surface area contributed by atoms with Crippen LogP contribution < -0.4 is 16.0 Å². The van der Waals surface area contributed by atoms with Gasteiger partial charge in [-0.15, -0.1) is 0 Å². The summed E-state index contributed by atoms with van der Waals surface area (Å²) in [6.45, 7) is 6.81. The molecule has 0 fully saturated rings. The van der Waals surface area contributed by atoms with Gasteiger partial charge in [-0.3, -0.25) is 4.79 Å². The molecule has 0 atom stereocenters. The Bertz CT molecular complexity index is 399. The Morgan fingerprint density at radius 3 is 2.72 bits per heavy atom. The molecule has 1 heterocycles. The monoisotopic (exact) mass is 251 g/mol. The van der Waals surface area contributed by atoms with Crippen LogP contribution in [0.15, 0.2) is 6.07 Å². The van der Waals surface area contributed by atoms with Gasteiger partial charge in [0.2, 0.25) is 5.91 Å². The molecule has 6 heteroatoms. The molecule has 0 bridgehead atoms. The molecule has 0 saturated heterocycles. The lowest BCUT2D eigenvalue weighted by molar-refractivity contribution is -0.119. The van der Waals surface area contributed by atoms with Crippen LogP contribution in [0.4, 0.5) is 11.6 Å². The van der Waals surface area contributed by atoms with E-state index in [4.69, 9.17) is 5.73 Å². The van der Waals surface area contributed by atoms with Crippen molar-refractivity contribution in [2.45, 2.75) is 20.8 Å². The van der Waals surface area contributed by atoms with Gasteiger partial charge in [-0.05, 0) is 12.8 Å². The number of likely N-dealkylation sites (N-methyl/N-ethyl adjacent to an activating group) is 1. The van der Waals surface area contributed by atoms with Crippen molar-refractivity contribution < 1.29 is 4.79 Å². The summed E-state index contributed by atoms with van der Waals surface area (Å²) in [4.78, 5) is 21.7. The molecule has 0 unspecified atom stereocenters. The van der Waals surface area contributed by atoms with Crippen molar-refractivity contribution in [1.29, 1.82) is 0 Å². The van der Waals surface area contributed by atoms with Gasteiger partial charge in [0.25, 0.3) is 0 Å². The van der Waals surface area contributed by atoms with Crippen molar-refractivity contribution in [3.8, 4) is 0 Å². The first-order valence-corrected chi connectivity index (χ1v) is 5.97. The average molecular weight is 251 g/mol. The van der Waals surface area contributed by atoms with E-state index >= 15 is 0 Å². The second-order valence-electron chi connectivity index (χ2n) is 4.75. The Morgan fingerprint density at radius 1 is 1.50 bits per heavy atom. The normalized spacial score (nSPS) is 10.5. The molecule has 1 amide bonds. The fourth-order valence-electron chi connectivity index (χ4n) is 1.44. The summed E-state index contributed by atoms with van der Waals surface area (Å²) >= 11 is 0. The van der Waals surface area contributed by atoms with Crippen molar-refractivity contribution in [1.82, 2.24) is 15.3 Å². The molecule has 0 radical (unpaired) electrons. The van der Waals surface area contributed by atoms with Gasteiger partial charge in [-0.25, -0.2) is 9.97 Å². The molecule has 0 aromatic carbocycles. The summed E-state index contributed by atoms with van der Waals surface area (Å²) < 4.78 is 0. The number of aryl methyl sites for hydroxylation is 1. The molecule has 6 nitrogen and oxygen atoms in total. The number of carbonyl (C=O) groups excluding carboxylic acids is 1. The van der Waals surface area contributed by atoms with E-state index in [1.807, 2.05) is 0 Å². The van der Waals surface area contributed by atoms with Gasteiger partial charge in [0, 0.05) is 19.7 Å². The third-order valence-corrected chi connectivity index (χ3v) is 2.32. The molecule has 0 saturated carbocycles. The summed E-state index contributed by atoms with van der Waals surface area (Å²) in [5.74, 6) is 2.07. The first-order valence-electron chi connectivity index (χ1n) is 5.97. The minimum atomic E-state index is -0.0268. The first-order chi connectivity index (χ1) is 8.38. The molecule has 18 heavy (non-hydrogen) atoms. The Kier molecular flexibility index (Phi) is 4.88. The number of aromatic nitrogens is 2. The van der Waals surface area contributed by atoms with Gasteiger partial charge < -0.3 is 16.0 Å². The van der Waals surface area contributed by atoms with Crippen LogP contribution in [0.5, 0.6) is 0 Å². The maximum absolute atomic E-state index is 11.7. The van der Waals surface area contributed by atoms with E-state index in [9.17, 15) is 4.79 Å². The highest BCUT2D eigenvalue weighted by molar-refractivity contribution is 5.80. The fraction of sp³-hybridized carbons (Fsp3) is 0.583.